The van der Waals surface area contributed by atoms with Gasteiger partial charge < -0.3 is 19.7 Å². The van der Waals surface area contributed by atoms with E-state index in [1.165, 1.54) is 19.1 Å². The van der Waals surface area contributed by atoms with Gasteiger partial charge in [-0.3, -0.25) is 14.5 Å². The zero-order chi connectivity index (χ0) is 35.1. The normalized spacial score (nSPS) is 26.0. The summed E-state index contributed by atoms with van der Waals surface area (Å²) in [5.41, 5.74) is 1.80. The standard InChI is InChI=1S/C39H42F3N3O5/c1-49-35(47)29-3-2-4-32(18-29)43-34(46)24-50-33-11-9-30(10-12-33)37-19-27-17-28(20-37)22-38(21-27,25-37)36(48)45-15-13-44(14-16-45)23-26-5-7-31(8-6-26)39(40,41)42/h2-12,18,27-28H,13-17,19-25H2,1H3,(H,43,46)/t27-,28+,37?,38?. The van der Waals surface area contributed by atoms with Crippen molar-refractivity contribution in [1.29, 1.82) is 0 Å². The topological polar surface area (TPSA) is 88.2 Å². The molecule has 50 heavy (non-hydrogen) atoms. The van der Waals surface area contributed by atoms with E-state index in [0.29, 0.717) is 61.6 Å². The number of esters is 1. The zero-order valence-electron chi connectivity index (χ0n) is 28.1. The predicted molar refractivity (Wildman–Crippen MR) is 180 cm³/mol. The minimum Gasteiger partial charge on any atom is -0.484 e. The van der Waals surface area contributed by atoms with E-state index >= 15 is 0 Å². The van der Waals surface area contributed by atoms with Crippen molar-refractivity contribution in [2.45, 2.75) is 56.7 Å². The summed E-state index contributed by atoms with van der Waals surface area (Å²) in [5.74, 6) is 1.04. The van der Waals surface area contributed by atoms with Gasteiger partial charge in [0, 0.05) is 38.4 Å². The van der Waals surface area contributed by atoms with Crippen molar-refractivity contribution < 1.29 is 37.0 Å². The van der Waals surface area contributed by atoms with Gasteiger partial charge in [-0.05, 0) is 109 Å². The fourth-order valence-electron chi connectivity index (χ4n) is 9.44. The number of halogens is 3. The van der Waals surface area contributed by atoms with Crippen LogP contribution in [-0.2, 0) is 32.5 Å². The fraction of sp³-hybridized carbons (Fsp3) is 0.462. The molecule has 1 N–H and O–H groups in total. The first-order valence-electron chi connectivity index (χ1n) is 17.3. The third kappa shape index (κ3) is 6.97. The lowest BCUT2D eigenvalue weighted by atomic mass is 9.42. The molecule has 8 rings (SSSR count). The first-order valence-corrected chi connectivity index (χ1v) is 17.3. The van der Waals surface area contributed by atoms with Crippen molar-refractivity contribution in [2.75, 3.05) is 45.2 Å². The number of carbonyl (C=O) groups excluding carboxylic acids is 3. The molecule has 8 nitrogen and oxygen atoms in total. The fourth-order valence-corrected chi connectivity index (χ4v) is 9.44. The van der Waals surface area contributed by atoms with Crippen molar-refractivity contribution in [3.8, 4) is 5.75 Å². The summed E-state index contributed by atoms with van der Waals surface area (Å²) in [6.45, 7) is 3.01. The number of hydrogen-bond acceptors (Lipinski definition) is 6. The lowest BCUT2D eigenvalue weighted by Gasteiger charge is -2.62. The van der Waals surface area contributed by atoms with Gasteiger partial charge >= 0.3 is 12.1 Å². The molecule has 2 unspecified atom stereocenters. The monoisotopic (exact) mass is 689 g/mol. The Balaban J connectivity index is 0.955. The number of rotatable bonds is 9. The van der Waals surface area contributed by atoms with E-state index in [1.54, 1.807) is 36.4 Å². The number of alkyl halides is 3. The lowest BCUT2D eigenvalue weighted by molar-refractivity contribution is -0.162. The summed E-state index contributed by atoms with van der Waals surface area (Å²) in [7, 11) is 1.30. The molecular formula is C39H42F3N3O5. The van der Waals surface area contributed by atoms with Crippen LogP contribution in [0.1, 0.15) is 65.6 Å². The smallest absolute Gasteiger partial charge is 0.416 e. The van der Waals surface area contributed by atoms with Crippen molar-refractivity contribution in [3.05, 3.63) is 95.1 Å². The van der Waals surface area contributed by atoms with Gasteiger partial charge in [-0.15, -0.1) is 0 Å². The number of anilines is 1. The summed E-state index contributed by atoms with van der Waals surface area (Å²) in [6, 6.07) is 19.9. The lowest BCUT2D eigenvalue weighted by Crippen LogP contribution is -2.61. The molecule has 4 aliphatic carbocycles. The Bertz CT molecular complexity index is 1720. The number of benzene rings is 3. The van der Waals surface area contributed by atoms with E-state index in [0.717, 1.165) is 49.8 Å². The van der Waals surface area contributed by atoms with E-state index in [4.69, 9.17) is 9.47 Å². The highest BCUT2D eigenvalue weighted by Crippen LogP contribution is 2.66. The summed E-state index contributed by atoms with van der Waals surface area (Å²) >= 11 is 0. The molecule has 1 saturated heterocycles. The maximum absolute atomic E-state index is 14.3. The third-order valence-corrected chi connectivity index (χ3v) is 11.3. The largest absolute Gasteiger partial charge is 0.484 e. The summed E-state index contributed by atoms with van der Waals surface area (Å²) in [5, 5.41) is 2.75. The molecule has 0 spiro atoms. The minimum atomic E-state index is -4.34. The first-order chi connectivity index (χ1) is 23.9. The average Bonchev–Trinajstić information content (AvgIpc) is 3.10. The third-order valence-electron chi connectivity index (χ3n) is 11.3. The number of methoxy groups -OCH3 is 1. The molecule has 1 heterocycles. The van der Waals surface area contributed by atoms with Crippen molar-refractivity contribution in [2.24, 2.45) is 17.3 Å². The maximum Gasteiger partial charge on any atom is 0.416 e. The van der Waals surface area contributed by atoms with Crippen LogP contribution in [0, 0.1) is 17.3 Å². The van der Waals surface area contributed by atoms with Gasteiger partial charge in [0.25, 0.3) is 5.91 Å². The summed E-state index contributed by atoms with van der Waals surface area (Å²) in [6.07, 6.45) is 1.70. The van der Waals surface area contributed by atoms with Crippen LogP contribution in [0.4, 0.5) is 18.9 Å². The Morgan fingerprint density at radius 2 is 1.56 bits per heavy atom. The average molecular weight is 690 g/mol. The van der Waals surface area contributed by atoms with Gasteiger partial charge in [-0.2, -0.15) is 13.2 Å². The molecule has 5 fully saturated rings. The second-order valence-electron chi connectivity index (χ2n) is 14.7. The van der Waals surface area contributed by atoms with E-state index in [1.807, 2.05) is 17.0 Å². The van der Waals surface area contributed by atoms with E-state index in [9.17, 15) is 27.6 Å². The van der Waals surface area contributed by atoms with Crippen molar-refractivity contribution in [1.82, 2.24) is 9.80 Å². The molecular weight excluding hydrogens is 647 g/mol. The highest BCUT2D eigenvalue weighted by Gasteiger charge is 2.61. The van der Waals surface area contributed by atoms with Gasteiger partial charge in [0.05, 0.1) is 23.7 Å². The number of piperazine rings is 1. The molecule has 0 radical (unpaired) electrons. The van der Waals surface area contributed by atoms with Crippen LogP contribution in [0.2, 0.25) is 0 Å². The highest BCUT2D eigenvalue weighted by atomic mass is 19.4. The summed E-state index contributed by atoms with van der Waals surface area (Å²) < 4.78 is 49.5. The van der Waals surface area contributed by atoms with E-state index in [-0.39, 0.29) is 29.3 Å². The molecule has 2 amide bonds. The molecule has 5 aliphatic rings. The van der Waals surface area contributed by atoms with Gasteiger partial charge in [0.2, 0.25) is 5.91 Å². The van der Waals surface area contributed by atoms with Crippen molar-refractivity contribution in [3.63, 3.8) is 0 Å². The molecule has 1 aliphatic heterocycles. The van der Waals surface area contributed by atoms with Crippen LogP contribution in [0.5, 0.6) is 5.75 Å². The molecule has 3 aromatic carbocycles. The van der Waals surface area contributed by atoms with Gasteiger partial charge in [-0.25, -0.2) is 4.79 Å². The van der Waals surface area contributed by atoms with Gasteiger partial charge in [0.1, 0.15) is 5.75 Å². The van der Waals surface area contributed by atoms with Crippen LogP contribution < -0.4 is 10.1 Å². The number of ether oxygens (including phenoxy) is 2. The number of hydrogen-bond donors (Lipinski definition) is 1. The Labute approximate surface area is 289 Å². The number of amides is 2. The van der Waals surface area contributed by atoms with Gasteiger partial charge in [0.15, 0.2) is 6.61 Å². The van der Waals surface area contributed by atoms with Crippen LogP contribution in [0.15, 0.2) is 72.8 Å². The van der Waals surface area contributed by atoms with Crippen LogP contribution >= 0.6 is 0 Å². The Morgan fingerprint density at radius 3 is 2.20 bits per heavy atom. The molecule has 264 valence electrons. The summed E-state index contributed by atoms with van der Waals surface area (Å²) in [4.78, 5) is 43.0. The Kier molecular flexibility index (Phi) is 9.13. The molecule has 4 atom stereocenters. The first kappa shape index (κ1) is 34.1. The number of nitrogens with zero attached hydrogens (tertiary/aromatic N) is 2. The quantitative estimate of drug-likeness (QED) is 0.252. The molecule has 0 aromatic heterocycles. The molecule has 3 aromatic rings. The molecule has 11 heteroatoms. The zero-order valence-corrected chi connectivity index (χ0v) is 28.1. The van der Waals surface area contributed by atoms with Crippen LogP contribution in [-0.4, -0.2) is 67.5 Å². The molecule has 4 bridgehead atoms. The Hall–Kier alpha value is -4.38. The highest BCUT2D eigenvalue weighted by molar-refractivity contribution is 5.95. The maximum atomic E-state index is 14.3. The number of carbonyl (C=O) groups is 3. The second-order valence-corrected chi connectivity index (χ2v) is 14.7. The molecule has 4 saturated carbocycles. The SMILES string of the molecule is COC(=O)c1cccc(NC(=O)COc2ccc(C34C[C@@H]5C[C@@H](CC(C(=O)N6CCN(Cc7ccc(C(F)(F)F)cc7)CC6)(C5)C3)C4)cc2)c1. The number of nitrogens with one attached hydrogen (secondary N) is 1. The van der Waals surface area contributed by atoms with Crippen LogP contribution in [0.3, 0.4) is 0 Å². The predicted octanol–water partition coefficient (Wildman–Crippen LogP) is 6.69. The Morgan fingerprint density at radius 1 is 0.880 bits per heavy atom. The van der Waals surface area contributed by atoms with Crippen LogP contribution in [0.25, 0.3) is 0 Å². The van der Waals surface area contributed by atoms with E-state index in [2.05, 4.69) is 22.3 Å². The minimum absolute atomic E-state index is 0.0648. The van der Waals surface area contributed by atoms with Gasteiger partial charge in [-0.1, -0.05) is 30.3 Å². The second kappa shape index (κ2) is 13.4. The van der Waals surface area contributed by atoms with Crippen molar-refractivity contribution >= 4 is 23.5 Å². The van der Waals surface area contributed by atoms with E-state index < -0.39 is 17.7 Å².